The van der Waals surface area contributed by atoms with Crippen LogP contribution in [0.15, 0.2) is 78.0 Å². The highest BCUT2D eigenvalue weighted by molar-refractivity contribution is 14.0. The van der Waals surface area contributed by atoms with E-state index in [4.69, 9.17) is 0 Å². The lowest BCUT2D eigenvalue weighted by Gasteiger charge is -2.15. The molecule has 8 heteroatoms. The quantitative estimate of drug-likeness (QED) is 0.171. The summed E-state index contributed by atoms with van der Waals surface area (Å²) in [6, 6.07) is 20.6. The van der Waals surface area contributed by atoms with Crippen LogP contribution in [0.2, 0.25) is 0 Å². The number of rotatable bonds is 8. The highest BCUT2D eigenvalue weighted by Crippen LogP contribution is 2.29. The van der Waals surface area contributed by atoms with Crippen molar-refractivity contribution in [1.82, 2.24) is 20.2 Å². The van der Waals surface area contributed by atoms with Crippen LogP contribution in [0.4, 0.5) is 0 Å². The molecule has 1 unspecified atom stereocenters. The molecule has 0 fully saturated rings. The number of aliphatic hydroxyl groups is 1. The summed E-state index contributed by atoms with van der Waals surface area (Å²) in [4.78, 5) is 9.71. The number of nitrogens with zero attached hydrogens (tertiary/aromatic N) is 3. The van der Waals surface area contributed by atoms with Crippen LogP contribution in [-0.2, 0) is 13.0 Å². The molecule has 0 bridgehead atoms. The molecular formula is C24H28IN5OS. The van der Waals surface area contributed by atoms with Gasteiger partial charge in [-0.3, -0.25) is 4.99 Å². The van der Waals surface area contributed by atoms with E-state index < -0.39 is 6.10 Å². The number of thiophene rings is 1. The molecule has 3 N–H and O–H groups in total. The summed E-state index contributed by atoms with van der Waals surface area (Å²) in [5, 5.41) is 18.3. The van der Waals surface area contributed by atoms with Gasteiger partial charge >= 0.3 is 0 Å². The minimum atomic E-state index is -0.583. The van der Waals surface area contributed by atoms with Crippen LogP contribution in [0.1, 0.15) is 22.4 Å². The SMILES string of the molecule is CN=C(NCCc1nccn1Cc1ccccc1)NCC(O)c1cc2ccccc2s1.I. The third-order valence-corrected chi connectivity index (χ3v) is 6.32. The third kappa shape index (κ3) is 6.30. The smallest absolute Gasteiger partial charge is 0.191 e. The van der Waals surface area contributed by atoms with Crippen molar-refractivity contribution in [3.8, 4) is 0 Å². The molecular weight excluding hydrogens is 533 g/mol. The maximum atomic E-state index is 10.6. The van der Waals surface area contributed by atoms with E-state index in [-0.39, 0.29) is 24.0 Å². The van der Waals surface area contributed by atoms with Crippen LogP contribution in [0.5, 0.6) is 0 Å². The van der Waals surface area contributed by atoms with Gasteiger partial charge in [0, 0.05) is 55.1 Å². The second kappa shape index (κ2) is 12.0. The predicted octanol–water partition coefficient (Wildman–Crippen LogP) is 4.21. The number of hydrogen-bond acceptors (Lipinski definition) is 4. The first-order valence-corrected chi connectivity index (χ1v) is 11.2. The van der Waals surface area contributed by atoms with Crippen LogP contribution in [0.25, 0.3) is 10.1 Å². The summed E-state index contributed by atoms with van der Waals surface area (Å²) in [6.45, 7) is 1.91. The summed E-state index contributed by atoms with van der Waals surface area (Å²) in [5.41, 5.74) is 1.25. The van der Waals surface area contributed by atoms with Gasteiger partial charge in [-0.1, -0.05) is 48.5 Å². The fourth-order valence-corrected chi connectivity index (χ4v) is 4.52. The summed E-state index contributed by atoms with van der Waals surface area (Å²) in [5.74, 6) is 1.69. The normalized spacial score (nSPS) is 12.4. The van der Waals surface area contributed by atoms with E-state index in [9.17, 15) is 5.11 Å². The highest BCUT2D eigenvalue weighted by atomic mass is 127. The van der Waals surface area contributed by atoms with Gasteiger partial charge in [-0.25, -0.2) is 4.98 Å². The van der Waals surface area contributed by atoms with E-state index in [1.54, 1.807) is 18.4 Å². The van der Waals surface area contributed by atoms with Crippen molar-refractivity contribution >= 4 is 51.4 Å². The maximum Gasteiger partial charge on any atom is 0.191 e. The maximum absolute atomic E-state index is 10.6. The Morgan fingerprint density at radius 1 is 1.12 bits per heavy atom. The molecule has 2 aromatic heterocycles. The molecule has 1 atom stereocenters. The van der Waals surface area contributed by atoms with Crippen LogP contribution < -0.4 is 10.6 Å². The molecule has 2 heterocycles. The average Bonchev–Trinajstić information content (AvgIpc) is 3.43. The van der Waals surface area contributed by atoms with Crippen molar-refractivity contribution in [2.75, 3.05) is 20.1 Å². The fourth-order valence-electron chi connectivity index (χ4n) is 3.47. The zero-order valence-corrected chi connectivity index (χ0v) is 21.1. The van der Waals surface area contributed by atoms with Gasteiger partial charge < -0.3 is 20.3 Å². The number of halogens is 1. The van der Waals surface area contributed by atoms with Gasteiger partial charge in [0.25, 0.3) is 0 Å². The Bertz CT molecular complexity index is 1110. The Morgan fingerprint density at radius 2 is 1.91 bits per heavy atom. The molecule has 4 rings (SSSR count). The van der Waals surface area contributed by atoms with E-state index >= 15 is 0 Å². The molecule has 0 spiro atoms. The summed E-state index contributed by atoms with van der Waals surface area (Å²) >= 11 is 1.62. The van der Waals surface area contributed by atoms with E-state index in [0.717, 1.165) is 29.1 Å². The molecule has 0 saturated heterocycles. The summed E-state index contributed by atoms with van der Waals surface area (Å²) in [6.07, 6.45) is 4.05. The van der Waals surface area contributed by atoms with Crippen LogP contribution in [-0.4, -0.2) is 40.8 Å². The number of aromatic nitrogens is 2. The lowest BCUT2D eigenvalue weighted by molar-refractivity contribution is 0.184. The lowest BCUT2D eigenvalue weighted by atomic mass is 10.2. The molecule has 0 aliphatic rings. The molecule has 6 nitrogen and oxygen atoms in total. The van der Waals surface area contributed by atoms with Gasteiger partial charge in [0.2, 0.25) is 0 Å². The molecule has 2 aromatic carbocycles. The van der Waals surface area contributed by atoms with Crippen molar-refractivity contribution in [3.63, 3.8) is 0 Å². The average molecular weight is 561 g/mol. The van der Waals surface area contributed by atoms with Gasteiger partial charge in [-0.05, 0) is 23.1 Å². The molecule has 0 amide bonds. The number of fused-ring (bicyclic) bond motifs is 1. The molecule has 0 aliphatic heterocycles. The first-order chi connectivity index (χ1) is 15.2. The van der Waals surface area contributed by atoms with E-state index in [1.165, 1.54) is 10.3 Å². The second-order valence-electron chi connectivity index (χ2n) is 7.29. The topological polar surface area (TPSA) is 74.5 Å². The van der Waals surface area contributed by atoms with Crippen molar-refractivity contribution < 1.29 is 5.11 Å². The zero-order chi connectivity index (χ0) is 21.5. The monoisotopic (exact) mass is 561 g/mol. The summed E-state index contributed by atoms with van der Waals surface area (Å²) < 4.78 is 3.35. The molecule has 0 saturated carbocycles. The number of guanidine groups is 1. The van der Waals surface area contributed by atoms with Crippen LogP contribution >= 0.6 is 35.3 Å². The number of imidazole rings is 1. The second-order valence-corrected chi connectivity index (χ2v) is 8.40. The molecule has 168 valence electrons. The standard InChI is InChI=1S/C24H27N5OS.HI/c1-25-24(28-16-20(30)22-15-19-9-5-6-10-21(19)31-22)27-12-11-23-26-13-14-29(23)17-18-7-3-2-4-8-18;/h2-10,13-15,20,30H,11-12,16-17H2,1H3,(H2,25,27,28);1H. The van der Waals surface area contributed by atoms with Gasteiger partial charge in [-0.2, -0.15) is 0 Å². The number of aliphatic imine (C=N–C) groups is 1. The highest BCUT2D eigenvalue weighted by Gasteiger charge is 2.12. The van der Waals surface area contributed by atoms with Gasteiger partial charge in [-0.15, -0.1) is 35.3 Å². The number of benzene rings is 2. The van der Waals surface area contributed by atoms with Crippen LogP contribution in [0.3, 0.4) is 0 Å². The van der Waals surface area contributed by atoms with E-state index in [1.807, 2.05) is 30.6 Å². The van der Waals surface area contributed by atoms with Gasteiger partial charge in [0.1, 0.15) is 11.9 Å². The summed E-state index contributed by atoms with van der Waals surface area (Å²) in [7, 11) is 1.73. The third-order valence-electron chi connectivity index (χ3n) is 5.10. The minimum Gasteiger partial charge on any atom is -0.386 e. The molecule has 0 aliphatic carbocycles. The predicted molar refractivity (Wildman–Crippen MR) is 143 cm³/mol. The van der Waals surface area contributed by atoms with E-state index in [2.05, 4.69) is 67.6 Å². The van der Waals surface area contributed by atoms with Gasteiger partial charge in [0.15, 0.2) is 5.96 Å². The largest absolute Gasteiger partial charge is 0.386 e. The number of hydrogen-bond donors (Lipinski definition) is 3. The van der Waals surface area contributed by atoms with Crippen molar-refractivity contribution in [2.24, 2.45) is 4.99 Å². The molecule has 0 radical (unpaired) electrons. The van der Waals surface area contributed by atoms with Crippen LogP contribution in [0, 0.1) is 0 Å². The Hall–Kier alpha value is -2.43. The zero-order valence-electron chi connectivity index (χ0n) is 17.9. The lowest BCUT2D eigenvalue weighted by Crippen LogP contribution is -2.40. The molecule has 4 aromatic rings. The Morgan fingerprint density at radius 3 is 2.69 bits per heavy atom. The van der Waals surface area contributed by atoms with Gasteiger partial charge in [0.05, 0.1) is 0 Å². The van der Waals surface area contributed by atoms with Crippen molar-refractivity contribution in [2.45, 2.75) is 19.1 Å². The minimum absolute atomic E-state index is 0. The Balaban J connectivity index is 0.00000289. The van der Waals surface area contributed by atoms with Crippen molar-refractivity contribution in [1.29, 1.82) is 0 Å². The Kier molecular flexibility index (Phi) is 9.07. The fraction of sp³-hybridized carbons (Fsp3) is 0.250. The van der Waals surface area contributed by atoms with Crippen molar-refractivity contribution in [3.05, 3.63) is 89.3 Å². The first kappa shape index (κ1) is 24.2. The number of nitrogens with one attached hydrogen (secondary N) is 2. The van der Waals surface area contributed by atoms with E-state index in [0.29, 0.717) is 19.0 Å². The Labute approximate surface area is 209 Å². The first-order valence-electron chi connectivity index (χ1n) is 10.4. The molecule has 32 heavy (non-hydrogen) atoms. The number of aliphatic hydroxyl groups excluding tert-OH is 1.